The Kier molecular flexibility index (Phi) is 5.71. The number of thioether (sulfide) groups is 1. The summed E-state index contributed by atoms with van der Waals surface area (Å²) in [6.45, 7) is 2.16. The third kappa shape index (κ3) is 4.42. The molecule has 0 aromatic carbocycles. The van der Waals surface area contributed by atoms with Crippen LogP contribution in [-0.4, -0.2) is 47.4 Å². The van der Waals surface area contributed by atoms with Crippen LogP contribution in [0.1, 0.15) is 6.92 Å². The van der Waals surface area contributed by atoms with E-state index in [0.717, 1.165) is 17.1 Å². The summed E-state index contributed by atoms with van der Waals surface area (Å²) < 4.78 is 4.88. The maximum Gasteiger partial charge on any atom is 0.316 e. The second-order valence-electron chi connectivity index (χ2n) is 4.61. The number of carbonyl (C=O) groups excluding carboxylic acids is 1. The Labute approximate surface area is 133 Å². The van der Waals surface area contributed by atoms with Crippen molar-refractivity contribution in [1.29, 1.82) is 0 Å². The fourth-order valence-corrected chi connectivity index (χ4v) is 2.31. The molecule has 2 heterocycles. The molecular formula is C15H18N4O2S. The van der Waals surface area contributed by atoms with Crippen LogP contribution in [0, 0.1) is 0 Å². The van der Waals surface area contributed by atoms with Gasteiger partial charge in [0.2, 0.25) is 0 Å². The van der Waals surface area contributed by atoms with E-state index in [2.05, 4.69) is 15.0 Å². The lowest BCUT2D eigenvalue weighted by atomic mass is 10.2. The maximum absolute atomic E-state index is 11.4. The number of aromatic nitrogens is 3. The summed E-state index contributed by atoms with van der Waals surface area (Å²) in [7, 11) is 3.93. The number of anilines is 1. The zero-order valence-electron chi connectivity index (χ0n) is 12.8. The van der Waals surface area contributed by atoms with E-state index < -0.39 is 0 Å². The van der Waals surface area contributed by atoms with Crippen molar-refractivity contribution in [1.82, 2.24) is 15.0 Å². The summed E-state index contributed by atoms with van der Waals surface area (Å²) >= 11 is 1.25. The topological polar surface area (TPSA) is 68.2 Å². The molecule has 0 bridgehead atoms. The molecule has 0 aliphatic carbocycles. The van der Waals surface area contributed by atoms with Crippen molar-refractivity contribution in [2.75, 3.05) is 31.4 Å². The highest BCUT2D eigenvalue weighted by Crippen LogP contribution is 2.20. The van der Waals surface area contributed by atoms with Crippen molar-refractivity contribution in [2.24, 2.45) is 0 Å². The van der Waals surface area contributed by atoms with Crippen molar-refractivity contribution < 1.29 is 9.53 Å². The van der Waals surface area contributed by atoms with Gasteiger partial charge in [-0.2, -0.15) is 0 Å². The lowest BCUT2D eigenvalue weighted by Crippen LogP contribution is -2.08. The Morgan fingerprint density at radius 1 is 1.23 bits per heavy atom. The number of ether oxygens (including phenoxy) is 1. The van der Waals surface area contributed by atoms with Gasteiger partial charge in [0.15, 0.2) is 5.16 Å². The number of carbonyl (C=O) groups is 1. The molecule has 0 saturated heterocycles. The van der Waals surface area contributed by atoms with E-state index in [-0.39, 0.29) is 11.7 Å². The van der Waals surface area contributed by atoms with Gasteiger partial charge in [0.1, 0.15) is 0 Å². The molecule has 2 aromatic heterocycles. The minimum absolute atomic E-state index is 0.199. The fraction of sp³-hybridized carbons (Fsp3) is 0.333. The minimum atomic E-state index is -0.269. The van der Waals surface area contributed by atoms with Crippen LogP contribution in [0.4, 0.5) is 5.69 Å². The minimum Gasteiger partial charge on any atom is -0.465 e. The van der Waals surface area contributed by atoms with E-state index in [1.807, 2.05) is 31.1 Å². The van der Waals surface area contributed by atoms with Crippen LogP contribution in [0.5, 0.6) is 0 Å². The molecule has 6 nitrogen and oxygen atoms in total. The number of pyridine rings is 1. The molecule has 7 heteroatoms. The fourth-order valence-electron chi connectivity index (χ4n) is 1.68. The lowest BCUT2D eigenvalue weighted by molar-refractivity contribution is -0.139. The first kappa shape index (κ1) is 16.2. The third-order valence-corrected chi connectivity index (χ3v) is 3.62. The van der Waals surface area contributed by atoms with Gasteiger partial charge < -0.3 is 9.64 Å². The van der Waals surface area contributed by atoms with Gasteiger partial charge in [0.25, 0.3) is 0 Å². The number of hydrogen-bond donors (Lipinski definition) is 0. The summed E-state index contributed by atoms with van der Waals surface area (Å²) in [5.74, 6) is -0.0699. The number of rotatable bonds is 6. The van der Waals surface area contributed by atoms with Crippen LogP contribution >= 0.6 is 11.8 Å². The molecule has 0 spiro atoms. The zero-order valence-corrected chi connectivity index (χ0v) is 13.6. The van der Waals surface area contributed by atoms with E-state index in [4.69, 9.17) is 4.74 Å². The van der Waals surface area contributed by atoms with E-state index >= 15 is 0 Å². The van der Waals surface area contributed by atoms with Gasteiger partial charge in [-0.15, -0.1) is 0 Å². The summed E-state index contributed by atoms with van der Waals surface area (Å²) in [4.78, 5) is 26.3. The van der Waals surface area contributed by atoms with Gasteiger partial charge in [0, 0.05) is 20.3 Å². The summed E-state index contributed by atoms with van der Waals surface area (Å²) in [6, 6.07) is 5.69. The van der Waals surface area contributed by atoms with E-state index in [9.17, 15) is 4.79 Å². The van der Waals surface area contributed by atoms with Crippen molar-refractivity contribution in [3.8, 4) is 11.4 Å². The summed E-state index contributed by atoms with van der Waals surface area (Å²) in [5.41, 5.74) is 2.52. The maximum atomic E-state index is 11.4. The highest BCUT2D eigenvalue weighted by Gasteiger charge is 2.08. The average molecular weight is 318 g/mol. The van der Waals surface area contributed by atoms with Gasteiger partial charge in [-0.3, -0.25) is 9.78 Å². The Bertz CT molecular complexity index is 632. The molecule has 0 amide bonds. The lowest BCUT2D eigenvalue weighted by Gasteiger charge is -2.11. The molecule has 2 aromatic rings. The first-order chi connectivity index (χ1) is 10.6. The van der Waals surface area contributed by atoms with Crippen molar-refractivity contribution in [3.05, 3.63) is 30.6 Å². The molecule has 0 atom stereocenters. The molecule has 22 heavy (non-hydrogen) atoms. The monoisotopic (exact) mass is 318 g/mol. The number of nitrogens with zero attached hydrogens (tertiary/aromatic N) is 4. The Balaban J connectivity index is 2.09. The van der Waals surface area contributed by atoms with Crippen LogP contribution in [-0.2, 0) is 9.53 Å². The quantitative estimate of drug-likeness (QED) is 0.460. The molecular weight excluding hydrogens is 300 g/mol. The average Bonchev–Trinajstić information content (AvgIpc) is 2.53. The van der Waals surface area contributed by atoms with Crippen LogP contribution < -0.4 is 4.90 Å². The third-order valence-electron chi connectivity index (χ3n) is 2.78. The second-order valence-corrected chi connectivity index (χ2v) is 5.56. The molecule has 0 aliphatic rings. The standard InChI is InChI=1S/C15H18N4O2S/c1-4-21-14(20)10-22-15-16-8-7-13(18-15)12-6-5-11(9-17-12)19(2)3/h5-9H,4,10H2,1-3H3. The molecule has 0 unspecified atom stereocenters. The Hall–Kier alpha value is -2.15. The molecule has 0 N–H and O–H groups in total. The van der Waals surface area contributed by atoms with E-state index in [1.54, 1.807) is 25.4 Å². The molecule has 0 aliphatic heterocycles. The highest BCUT2D eigenvalue weighted by molar-refractivity contribution is 7.99. The van der Waals surface area contributed by atoms with E-state index in [1.165, 1.54) is 11.8 Å². The van der Waals surface area contributed by atoms with Gasteiger partial charge in [-0.1, -0.05) is 11.8 Å². The van der Waals surface area contributed by atoms with Crippen molar-refractivity contribution in [2.45, 2.75) is 12.1 Å². The van der Waals surface area contributed by atoms with E-state index in [0.29, 0.717) is 11.8 Å². The summed E-state index contributed by atoms with van der Waals surface area (Å²) in [5, 5.41) is 0.532. The van der Waals surface area contributed by atoms with Gasteiger partial charge in [-0.05, 0) is 25.1 Å². The molecule has 116 valence electrons. The second kappa shape index (κ2) is 7.74. The predicted octanol–water partition coefficient (Wildman–Crippen LogP) is 2.26. The Morgan fingerprint density at radius 3 is 2.68 bits per heavy atom. The van der Waals surface area contributed by atoms with Crippen LogP contribution in [0.15, 0.2) is 35.7 Å². The largest absolute Gasteiger partial charge is 0.465 e. The SMILES string of the molecule is CCOC(=O)CSc1nccc(-c2ccc(N(C)C)cn2)n1. The molecule has 2 rings (SSSR count). The van der Waals surface area contributed by atoms with Crippen LogP contribution in [0.3, 0.4) is 0 Å². The molecule has 0 radical (unpaired) electrons. The predicted molar refractivity (Wildman–Crippen MR) is 86.9 cm³/mol. The highest BCUT2D eigenvalue weighted by atomic mass is 32.2. The van der Waals surface area contributed by atoms with Crippen LogP contribution in [0.2, 0.25) is 0 Å². The van der Waals surface area contributed by atoms with Gasteiger partial charge >= 0.3 is 5.97 Å². The first-order valence-corrected chi connectivity index (χ1v) is 7.84. The van der Waals surface area contributed by atoms with Gasteiger partial charge in [0.05, 0.1) is 35.6 Å². The zero-order chi connectivity index (χ0) is 15.9. The first-order valence-electron chi connectivity index (χ1n) is 6.85. The Morgan fingerprint density at radius 2 is 2.05 bits per heavy atom. The normalized spacial score (nSPS) is 10.3. The molecule has 0 fully saturated rings. The molecule has 0 saturated carbocycles. The van der Waals surface area contributed by atoms with Crippen LogP contribution in [0.25, 0.3) is 11.4 Å². The van der Waals surface area contributed by atoms with Crippen molar-refractivity contribution in [3.63, 3.8) is 0 Å². The number of hydrogen-bond acceptors (Lipinski definition) is 7. The smallest absolute Gasteiger partial charge is 0.316 e. The van der Waals surface area contributed by atoms with Crippen molar-refractivity contribution >= 4 is 23.4 Å². The van der Waals surface area contributed by atoms with Gasteiger partial charge in [-0.25, -0.2) is 9.97 Å². The summed E-state index contributed by atoms with van der Waals surface area (Å²) in [6.07, 6.45) is 3.46. The number of esters is 1.